The van der Waals surface area contributed by atoms with Crippen LogP contribution in [-0.2, 0) is 4.79 Å². The molecule has 3 amide bonds. The van der Waals surface area contributed by atoms with E-state index < -0.39 is 0 Å². The van der Waals surface area contributed by atoms with Crippen LogP contribution in [0.4, 0.5) is 4.79 Å². The van der Waals surface area contributed by atoms with Crippen molar-refractivity contribution in [2.45, 2.75) is 18.9 Å². The Morgan fingerprint density at radius 2 is 1.93 bits per heavy atom. The summed E-state index contributed by atoms with van der Waals surface area (Å²) in [6, 6.07) is -0.548. The zero-order valence-corrected chi connectivity index (χ0v) is 8.25. The van der Waals surface area contributed by atoms with Crippen LogP contribution in [0.1, 0.15) is 12.8 Å². The minimum absolute atomic E-state index is 0.0816. The smallest absolute Gasteiger partial charge is 0.324 e. The number of nitrogens with zero attached hydrogens (tertiary/aromatic N) is 1. The van der Waals surface area contributed by atoms with E-state index in [1.807, 2.05) is 0 Å². The molecule has 2 N–H and O–H groups in total. The minimum Gasteiger partial charge on any atom is -0.326 e. The maximum absolute atomic E-state index is 11.6. The molecule has 14 heavy (non-hydrogen) atoms. The Kier molecular flexibility index (Phi) is 2.41. The van der Waals surface area contributed by atoms with Crippen molar-refractivity contribution in [1.29, 1.82) is 0 Å². The Morgan fingerprint density at radius 1 is 1.29 bits per heavy atom. The molecule has 5 nitrogen and oxygen atoms in total. The molecule has 0 aliphatic carbocycles. The first-order valence-corrected chi connectivity index (χ1v) is 4.99. The fourth-order valence-corrected chi connectivity index (χ4v) is 2.10. The molecule has 0 unspecified atom stereocenters. The SMILES string of the molecule is CN1C(=O)N[C@@H](C2CCNCC2)C1=O. The third kappa shape index (κ3) is 1.48. The van der Waals surface area contributed by atoms with Crippen molar-refractivity contribution in [2.75, 3.05) is 20.1 Å². The molecule has 0 aromatic rings. The summed E-state index contributed by atoms with van der Waals surface area (Å²) >= 11 is 0. The van der Waals surface area contributed by atoms with E-state index in [-0.39, 0.29) is 18.0 Å². The Morgan fingerprint density at radius 3 is 2.43 bits per heavy atom. The van der Waals surface area contributed by atoms with Crippen molar-refractivity contribution >= 4 is 11.9 Å². The van der Waals surface area contributed by atoms with Crippen molar-refractivity contribution in [3.8, 4) is 0 Å². The Labute approximate surface area is 82.8 Å². The van der Waals surface area contributed by atoms with E-state index in [0.29, 0.717) is 5.92 Å². The summed E-state index contributed by atoms with van der Waals surface area (Å²) in [7, 11) is 1.53. The number of nitrogens with one attached hydrogen (secondary N) is 2. The van der Waals surface area contributed by atoms with E-state index in [9.17, 15) is 9.59 Å². The van der Waals surface area contributed by atoms with E-state index >= 15 is 0 Å². The van der Waals surface area contributed by atoms with Gasteiger partial charge >= 0.3 is 6.03 Å². The molecule has 2 rings (SSSR count). The summed E-state index contributed by atoms with van der Waals surface area (Å²) in [6.45, 7) is 1.88. The molecule has 2 heterocycles. The van der Waals surface area contributed by atoms with Crippen molar-refractivity contribution in [2.24, 2.45) is 5.92 Å². The van der Waals surface area contributed by atoms with Gasteiger partial charge in [0.2, 0.25) is 0 Å². The monoisotopic (exact) mass is 197 g/mol. The zero-order valence-electron chi connectivity index (χ0n) is 8.25. The predicted octanol–water partition coefficient (Wildman–Crippen LogP) is -0.464. The van der Waals surface area contributed by atoms with Gasteiger partial charge in [0.25, 0.3) is 5.91 Å². The lowest BCUT2D eigenvalue weighted by Gasteiger charge is -2.26. The second-order valence-corrected chi connectivity index (χ2v) is 3.91. The minimum atomic E-state index is -0.283. The third-order valence-corrected chi connectivity index (χ3v) is 3.04. The molecule has 2 aliphatic rings. The Bertz CT molecular complexity index is 261. The Hall–Kier alpha value is -1.10. The van der Waals surface area contributed by atoms with Gasteiger partial charge in [0.05, 0.1) is 0 Å². The van der Waals surface area contributed by atoms with Gasteiger partial charge in [-0.1, -0.05) is 0 Å². The number of carbonyl (C=O) groups excluding carboxylic acids is 2. The Balaban J connectivity index is 2.04. The fourth-order valence-electron chi connectivity index (χ4n) is 2.10. The van der Waals surface area contributed by atoms with Crippen LogP contribution in [0, 0.1) is 5.92 Å². The summed E-state index contributed by atoms with van der Waals surface area (Å²) in [5.41, 5.74) is 0. The zero-order chi connectivity index (χ0) is 10.1. The molecule has 0 radical (unpaired) electrons. The van der Waals surface area contributed by atoms with Crippen LogP contribution >= 0.6 is 0 Å². The number of piperidine rings is 1. The summed E-state index contributed by atoms with van der Waals surface area (Å²) in [5, 5.41) is 5.97. The second-order valence-electron chi connectivity index (χ2n) is 3.91. The number of likely N-dealkylation sites (N-methyl/N-ethyl adjacent to an activating group) is 1. The molecule has 0 saturated carbocycles. The molecule has 1 atom stereocenters. The van der Waals surface area contributed by atoms with Gasteiger partial charge in [0.15, 0.2) is 0 Å². The summed E-state index contributed by atoms with van der Waals surface area (Å²) in [4.78, 5) is 24.0. The van der Waals surface area contributed by atoms with Gasteiger partial charge in [-0.3, -0.25) is 9.69 Å². The highest BCUT2D eigenvalue weighted by molar-refractivity contribution is 6.04. The lowest BCUT2D eigenvalue weighted by molar-refractivity contribution is -0.127. The first kappa shape index (κ1) is 9.45. The molecule has 0 aromatic carbocycles. The first-order valence-electron chi connectivity index (χ1n) is 4.99. The maximum atomic E-state index is 11.6. The van der Waals surface area contributed by atoms with Crippen LogP contribution in [0.3, 0.4) is 0 Å². The van der Waals surface area contributed by atoms with Crippen molar-refractivity contribution in [1.82, 2.24) is 15.5 Å². The molecule has 0 aromatic heterocycles. The van der Waals surface area contributed by atoms with Crippen LogP contribution in [0.15, 0.2) is 0 Å². The van der Waals surface area contributed by atoms with Gasteiger partial charge in [-0.2, -0.15) is 0 Å². The van der Waals surface area contributed by atoms with E-state index in [1.165, 1.54) is 11.9 Å². The van der Waals surface area contributed by atoms with Gasteiger partial charge in [-0.25, -0.2) is 4.79 Å². The standard InChI is InChI=1S/C9H15N3O2/c1-12-8(13)7(11-9(12)14)6-2-4-10-5-3-6/h6-7,10H,2-5H2,1H3,(H,11,14)/t7-/m0/s1. The fraction of sp³-hybridized carbons (Fsp3) is 0.778. The molecule has 5 heteroatoms. The summed E-state index contributed by atoms with van der Waals surface area (Å²) in [5.74, 6) is 0.222. The molecular weight excluding hydrogens is 182 g/mol. The number of rotatable bonds is 1. The van der Waals surface area contributed by atoms with E-state index in [1.54, 1.807) is 0 Å². The highest BCUT2D eigenvalue weighted by atomic mass is 16.2. The lowest BCUT2D eigenvalue weighted by Crippen LogP contribution is -2.42. The maximum Gasteiger partial charge on any atom is 0.324 e. The van der Waals surface area contributed by atoms with E-state index in [0.717, 1.165) is 25.9 Å². The molecule has 2 fully saturated rings. The van der Waals surface area contributed by atoms with Gasteiger partial charge in [0, 0.05) is 7.05 Å². The van der Waals surface area contributed by atoms with Crippen LogP contribution in [0.5, 0.6) is 0 Å². The quantitative estimate of drug-likeness (QED) is 0.559. The van der Waals surface area contributed by atoms with Crippen LogP contribution in [-0.4, -0.2) is 43.0 Å². The molecule has 0 bridgehead atoms. The van der Waals surface area contributed by atoms with Gasteiger partial charge in [0.1, 0.15) is 6.04 Å². The van der Waals surface area contributed by atoms with Crippen molar-refractivity contribution in [3.63, 3.8) is 0 Å². The lowest BCUT2D eigenvalue weighted by atomic mass is 9.90. The highest BCUT2D eigenvalue weighted by Crippen LogP contribution is 2.20. The number of hydrogen-bond acceptors (Lipinski definition) is 3. The van der Waals surface area contributed by atoms with Gasteiger partial charge in [-0.15, -0.1) is 0 Å². The largest absolute Gasteiger partial charge is 0.326 e. The van der Waals surface area contributed by atoms with E-state index in [4.69, 9.17) is 0 Å². The number of carbonyl (C=O) groups is 2. The van der Waals surface area contributed by atoms with Crippen LogP contribution in [0.25, 0.3) is 0 Å². The average molecular weight is 197 g/mol. The van der Waals surface area contributed by atoms with Gasteiger partial charge < -0.3 is 10.6 Å². The topological polar surface area (TPSA) is 61.4 Å². The average Bonchev–Trinajstić information content (AvgIpc) is 2.47. The third-order valence-electron chi connectivity index (χ3n) is 3.04. The number of amides is 3. The second kappa shape index (κ2) is 3.57. The van der Waals surface area contributed by atoms with Crippen LogP contribution < -0.4 is 10.6 Å². The van der Waals surface area contributed by atoms with Crippen molar-refractivity contribution in [3.05, 3.63) is 0 Å². The molecular formula is C9H15N3O2. The van der Waals surface area contributed by atoms with E-state index in [2.05, 4.69) is 10.6 Å². The number of urea groups is 1. The normalized spacial score (nSPS) is 29.5. The summed E-state index contributed by atoms with van der Waals surface area (Å²) < 4.78 is 0. The van der Waals surface area contributed by atoms with Crippen LogP contribution in [0.2, 0.25) is 0 Å². The van der Waals surface area contributed by atoms with Gasteiger partial charge in [-0.05, 0) is 31.8 Å². The molecule has 2 aliphatic heterocycles. The molecule has 0 spiro atoms. The first-order chi connectivity index (χ1) is 6.70. The highest BCUT2D eigenvalue weighted by Gasteiger charge is 2.40. The summed E-state index contributed by atoms with van der Waals surface area (Å²) in [6.07, 6.45) is 1.93. The van der Waals surface area contributed by atoms with Crippen molar-refractivity contribution < 1.29 is 9.59 Å². The molecule has 78 valence electrons. The predicted molar refractivity (Wildman–Crippen MR) is 50.7 cm³/mol. The number of hydrogen-bond donors (Lipinski definition) is 2. The number of imide groups is 1. The molecule has 2 saturated heterocycles.